The van der Waals surface area contributed by atoms with Crippen LogP contribution in [0.5, 0.6) is 0 Å². The number of ether oxygens (including phenoxy) is 1. The zero-order valence-electron chi connectivity index (χ0n) is 14.8. The molecule has 10 heteroatoms. The first kappa shape index (κ1) is 20.1. The van der Waals surface area contributed by atoms with Crippen molar-refractivity contribution < 1.29 is 31.9 Å². The Morgan fingerprint density at radius 2 is 1.69 bits per heavy atom. The van der Waals surface area contributed by atoms with Crippen LogP contribution in [0.3, 0.4) is 0 Å². The highest BCUT2D eigenvalue weighted by atomic mass is 19.4. The van der Waals surface area contributed by atoms with Crippen LogP contribution in [0.4, 0.5) is 23.2 Å². The summed E-state index contributed by atoms with van der Waals surface area (Å²) >= 11 is 0. The van der Waals surface area contributed by atoms with Gasteiger partial charge in [0.1, 0.15) is 5.82 Å². The number of aromatic nitrogens is 2. The Bertz CT molecular complexity index is 1060. The molecule has 1 amide bonds. The molecule has 0 unspecified atom stereocenters. The summed E-state index contributed by atoms with van der Waals surface area (Å²) in [6, 6.07) is 9.81. The van der Waals surface area contributed by atoms with Crippen molar-refractivity contribution in [1.29, 1.82) is 0 Å². The van der Waals surface area contributed by atoms with Crippen molar-refractivity contribution in [1.82, 2.24) is 9.78 Å². The SMILES string of the molecule is COC(=O)c1ccc(NC(=O)c2ccc(-n3ccc(C(F)(F)F)n3)cc2)c(F)c1. The summed E-state index contributed by atoms with van der Waals surface area (Å²) in [5.41, 5.74) is -0.734. The Morgan fingerprint density at radius 3 is 2.24 bits per heavy atom. The maximum Gasteiger partial charge on any atom is 0.435 e. The zero-order chi connectivity index (χ0) is 21.2. The average Bonchev–Trinajstić information content (AvgIpc) is 3.19. The molecule has 2 aromatic carbocycles. The molecule has 3 aromatic rings. The van der Waals surface area contributed by atoms with Gasteiger partial charge in [0.2, 0.25) is 0 Å². The number of anilines is 1. The van der Waals surface area contributed by atoms with Gasteiger partial charge < -0.3 is 10.1 Å². The quantitative estimate of drug-likeness (QED) is 0.523. The Labute approximate surface area is 161 Å². The predicted octanol–water partition coefficient (Wildman–Crippen LogP) is 4.07. The molecule has 0 aliphatic rings. The molecule has 0 spiro atoms. The third-order valence-electron chi connectivity index (χ3n) is 3.91. The zero-order valence-corrected chi connectivity index (χ0v) is 14.8. The second-order valence-corrected chi connectivity index (χ2v) is 5.83. The molecule has 1 heterocycles. The van der Waals surface area contributed by atoms with Crippen LogP contribution in [0.1, 0.15) is 26.4 Å². The largest absolute Gasteiger partial charge is 0.465 e. The van der Waals surface area contributed by atoms with Crippen molar-refractivity contribution in [2.45, 2.75) is 6.18 Å². The highest BCUT2D eigenvalue weighted by Crippen LogP contribution is 2.28. The number of rotatable bonds is 4. The summed E-state index contributed by atoms with van der Waals surface area (Å²) in [5, 5.41) is 5.80. The number of benzene rings is 2. The molecule has 29 heavy (non-hydrogen) atoms. The maximum absolute atomic E-state index is 14.1. The van der Waals surface area contributed by atoms with Crippen molar-refractivity contribution in [3.8, 4) is 5.69 Å². The van der Waals surface area contributed by atoms with Gasteiger partial charge in [0, 0.05) is 11.8 Å². The summed E-state index contributed by atoms with van der Waals surface area (Å²) in [4.78, 5) is 23.7. The number of carbonyl (C=O) groups excluding carboxylic acids is 2. The molecule has 0 atom stereocenters. The van der Waals surface area contributed by atoms with Crippen molar-refractivity contribution in [3.05, 3.63) is 77.4 Å². The molecule has 0 bridgehead atoms. The number of nitrogens with one attached hydrogen (secondary N) is 1. The minimum atomic E-state index is -4.56. The van der Waals surface area contributed by atoms with E-state index in [9.17, 15) is 27.2 Å². The fourth-order valence-corrected chi connectivity index (χ4v) is 2.44. The predicted molar refractivity (Wildman–Crippen MR) is 94.3 cm³/mol. The second-order valence-electron chi connectivity index (χ2n) is 5.83. The third kappa shape index (κ3) is 4.42. The van der Waals surface area contributed by atoms with E-state index in [-0.39, 0.29) is 16.8 Å². The molecular weight excluding hydrogens is 394 g/mol. The molecule has 0 radical (unpaired) electrons. The van der Waals surface area contributed by atoms with Gasteiger partial charge in [0.15, 0.2) is 5.69 Å². The van der Waals surface area contributed by atoms with E-state index in [1.54, 1.807) is 0 Å². The number of halogens is 4. The Morgan fingerprint density at radius 1 is 1.03 bits per heavy atom. The average molecular weight is 407 g/mol. The van der Waals surface area contributed by atoms with Crippen LogP contribution in [-0.2, 0) is 10.9 Å². The van der Waals surface area contributed by atoms with Gasteiger partial charge in [-0.05, 0) is 48.5 Å². The molecule has 0 aliphatic carbocycles. The molecule has 0 saturated carbocycles. The Hall–Kier alpha value is -3.69. The molecule has 0 saturated heterocycles. The van der Waals surface area contributed by atoms with E-state index in [1.165, 1.54) is 36.4 Å². The fraction of sp³-hybridized carbons (Fsp3) is 0.105. The van der Waals surface area contributed by atoms with Gasteiger partial charge in [-0.15, -0.1) is 0 Å². The van der Waals surface area contributed by atoms with Crippen molar-refractivity contribution in [2.75, 3.05) is 12.4 Å². The van der Waals surface area contributed by atoms with E-state index in [4.69, 9.17) is 0 Å². The van der Waals surface area contributed by atoms with Crippen LogP contribution in [0.15, 0.2) is 54.7 Å². The first-order valence-corrected chi connectivity index (χ1v) is 8.11. The van der Waals surface area contributed by atoms with Crippen LogP contribution in [0, 0.1) is 5.82 Å². The lowest BCUT2D eigenvalue weighted by atomic mass is 10.1. The van der Waals surface area contributed by atoms with Gasteiger partial charge in [0.05, 0.1) is 24.0 Å². The molecule has 3 rings (SSSR count). The number of hydrogen-bond acceptors (Lipinski definition) is 4. The van der Waals surface area contributed by atoms with E-state index in [1.807, 2.05) is 0 Å². The van der Waals surface area contributed by atoms with Gasteiger partial charge in [-0.2, -0.15) is 18.3 Å². The Kier molecular flexibility index (Phi) is 5.35. The highest BCUT2D eigenvalue weighted by Gasteiger charge is 2.33. The van der Waals surface area contributed by atoms with Gasteiger partial charge in [0.25, 0.3) is 5.91 Å². The minimum Gasteiger partial charge on any atom is -0.465 e. The monoisotopic (exact) mass is 407 g/mol. The van der Waals surface area contributed by atoms with Gasteiger partial charge >= 0.3 is 12.1 Å². The summed E-state index contributed by atoms with van der Waals surface area (Å²) in [6.45, 7) is 0. The van der Waals surface area contributed by atoms with Gasteiger partial charge in [-0.1, -0.05) is 0 Å². The fourth-order valence-electron chi connectivity index (χ4n) is 2.44. The van der Waals surface area contributed by atoms with E-state index in [0.29, 0.717) is 5.69 Å². The lowest BCUT2D eigenvalue weighted by molar-refractivity contribution is -0.141. The van der Waals surface area contributed by atoms with Gasteiger partial charge in [-0.3, -0.25) is 4.79 Å². The van der Waals surface area contributed by atoms with E-state index < -0.39 is 29.6 Å². The van der Waals surface area contributed by atoms with E-state index in [0.717, 1.165) is 30.1 Å². The smallest absolute Gasteiger partial charge is 0.435 e. The first-order valence-electron chi connectivity index (χ1n) is 8.11. The first-order chi connectivity index (χ1) is 13.7. The standard InChI is InChI=1S/C19H13F4N3O3/c1-29-18(28)12-4-7-15(14(20)10-12)24-17(27)11-2-5-13(6-3-11)26-9-8-16(25-26)19(21,22)23/h2-10H,1H3,(H,24,27). The number of esters is 1. The van der Waals surface area contributed by atoms with E-state index >= 15 is 0 Å². The van der Waals surface area contributed by atoms with Crippen molar-refractivity contribution >= 4 is 17.6 Å². The maximum atomic E-state index is 14.1. The second kappa shape index (κ2) is 7.74. The minimum absolute atomic E-state index is 0.00944. The van der Waals surface area contributed by atoms with Gasteiger partial charge in [-0.25, -0.2) is 13.9 Å². The third-order valence-corrected chi connectivity index (χ3v) is 3.91. The lowest BCUT2D eigenvalue weighted by Crippen LogP contribution is -2.14. The lowest BCUT2D eigenvalue weighted by Gasteiger charge is -2.08. The van der Waals surface area contributed by atoms with Crippen LogP contribution in [0.25, 0.3) is 5.69 Å². The summed E-state index contributed by atoms with van der Waals surface area (Å²) in [5.74, 6) is -2.18. The van der Waals surface area contributed by atoms with Crippen LogP contribution >= 0.6 is 0 Å². The van der Waals surface area contributed by atoms with Crippen LogP contribution in [-0.4, -0.2) is 28.8 Å². The molecule has 1 aromatic heterocycles. The molecule has 0 fully saturated rings. The van der Waals surface area contributed by atoms with Crippen LogP contribution < -0.4 is 5.32 Å². The normalized spacial score (nSPS) is 11.2. The topological polar surface area (TPSA) is 73.2 Å². The Balaban J connectivity index is 1.74. The van der Waals surface area contributed by atoms with Crippen molar-refractivity contribution in [2.24, 2.45) is 0 Å². The number of carbonyl (C=O) groups is 2. The number of alkyl halides is 3. The summed E-state index contributed by atoms with van der Waals surface area (Å²) < 4.78 is 57.5. The molecular formula is C19H13F4N3O3. The number of methoxy groups -OCH3 is 1. The number of hydrogen-bond donors (Lipinski definition) is 1. The van der Waals surface area contributed by atoms with E-state index in [2.05, 4.69) is 15.2 Å². The van der Waals surface area contributed by atoms with Crippen molar-refractivity contribution in [3.63, 3.8) is 0 Å². The number of amides is 1. The summed E-state index contributed by atoms with van der Waals surface area (Å²) in [7, 11) is 1.16. The summed E-state index contributed by atoms with van der Waals surface area (Å²) in [6.07, 6.45) is -3.41. The van der Waals surface area contributed by atoms with Crippen LogP contribution in [0.2, 0.25) is 0 Å². The molecule has 150 valence electrons. The molecule has 1 N–H and O–H groups in total. The molecule has 0 aliphatic heterocycles. The number of nitrogens with zero attached hydrogens (tertiary/aromatic N) is 2. The highest BCUT2D eigenvalue weighted by molar-refractivity contribution is 6.04. The molecule has 6 nitrogen and oxygen atoms in total.